The van der Waals surface area contributed by atoms with Gasteiger partial charge in [-0.05, 0) is 50.3 Å². The molecule has 1 aliphatic carbocycles. The molecule has 3 rings (SSSR count). The Morgan fingerprint density at radius 3 is 2.56 bits per heavy atom. The lowest BCUT2D eigenvalue weighted by Gasteiger charge is -2.34. The van der Waals surface area contributed by atoms with Gasteiger partial charge in [0.25, 0.3) is 0 Å². The number of para-hydroxylation sites is 2. The Kier molecular flexibility index (Phi) is 7.92. The van der Waals surface area contributed by atoms with Gasteiger partial charge >= 0.3 is 0 Å². The van der Waals surface area contributed by atoms with Crippen LogP contribution in [0.25, 0.3) is 0 Å². The Labute approximate surface area is 167 Å². The molecule has 2 aliphatic rings. The van der Waals surface area contributed by atoms with E-state index < -0.39 is 0 Å². The predicted octanol–water partition coefficient (Wildman–Crippen LogP) is 2.67. The van der Waals surface area contributed by atoms with Crippen LogP contribution < -0.4 is 15.8 Å². The fourth-order valence-corrected chi connectivity index (χ4v) is 4.22. The molecule has 1 heterocycles. The van der Waals surface area contributed by atoms with Crippen LogP contribution in [0, 0.1) is 17.8 Å². The number of halogens is 1. The monoisotopic (exact) mass is 395 g/mol. The highest BCUT2D eigenvalue weighted by Gasteiger charge is 2.36. The topological polar surface area (TPSA) is 84.7 Å². The molecule has 3 N–H and O–H groups in total. The van der Waals surface area contributed by atoms with Gasteiger partial charge < -0.3 is 20.7 Å². The van der Waals surface area contributed by atoms with Gasteiger partial charge in [-0.25, -0.2) is 0 Å². The number of ether oxygens (including phenoxy) is 1. The largest absolute Gasteiger partial charge is 0.495 e. The van der Waals surface area contributed by atoms with Crippen LogP contribution >= 0.6 is 12.4 Å². The van der Waals surface area contributed by atoms with E-state index in [9.17, 15) is 9.59 Å². The maximum atomic E-state index is 12.8. The van der Waals surface area contributed by atoms with Gasteiger partial charge in [0, 0.05) is 24.9 Å². The minimum absolute atomic E-state index is 0. The molecular formula is C20H30ClN3O3. The van der Waals surface area contributed by atoms with Crippen LogP contribution in [0.1, 0.15) is 32.1 Å². The molecule has 2 atom stereocenters. The van der Waals surface area contributed by atoms with Crippen molar-refractivity contribution in [3.05, 3.63) is 24.3 Å². The summed E-state index contributed by atoms with van der Waals surface area (Å²) in [7, 11) is 1.59. The normalized spacial score (nSPS) is 22.8. The molecule has 0 bridgehead atoms. The van der Waals surface area contributed by atoms with Crippen LogP contribution in [-0.2, 0) is 9.59 Å². The summed E-state index contributed by atoms with van der Waals surface area (Å²) in [6.45, 7) is 1.89. The van der Waals surface area contributed by atoms with Crippen LogP contribution in [0.4, 0.5) is 5.69 Å². The van der Waals surface area contributed by atoms with Crippen LogP contribution in [0.3, 0.4) is 0 Å². The number of hydrogen-bond donors (Lipinski definition) is 2. The molecule has 0 spiro atoms. The maximum absolute atomic E-state index is 12.8. The number of piperidine rings is 1. The zero-order valence-corrected chi connectivity index (χ0v) is 16.7. The predicted molar refractivity (Wildman–Crippen MR) is 108 cm³/mol. The zero-order chi connectivity index (χ0) is 18.5. The lowest BCUT2D eigenvalue weighted by molar-refractivity contribution is -0.139. The van der Waals surface area contributed by atoms with Crippen molar-refractivity contribution in [1.29, 1.82) is 0 Å². The van der Waals surface area contributed by atoms with Crippen molar-refractivity contribution in [2.45, 2.75) is 32.1 Å². The van der Waals surface area contributed by atoms with Crippen molar-refractivity contribution in [3.63, 3.8) is 0 Å². The number of rotatable bonds is 5. The fraction of sp³-hybridized carbons (Fsp3) is 0.600. The highest BCUT2D eigenvalue weighted by molar-refractivity contribution is 5.94. The highest BCUT2D eigenvalue weighted by Crippen LogP contribution is 2.33. The van der Waals surface area contributed by atoms with Gasteiger partial charge in [-0.1, -0.05) is 18.6 Å². The van der Waals surface area contributed by atoms with E-state index in [4.69, 9.17) is 10.5 Å². The Hall–Kier alpha value is -1.79. The van der Waals surface area contributed by atoms with Gasteiger partial charge in [0.2, 0.25) is 11.8 Å². The van der Waals surface area contributed by atoms with E-state index in [0.717, 1.165) is 19.3 Å². The standard InChI is InChI=1S/C20H29N3O3.ClH/c1-26-18-8-3-2-7-17(18)22-19(24)14-9-11-23(12-10-14)20(25)16-6-4-5-15(16)13-21;/h2-3,7-8,14-16H,4-6,9-13,21H2,1H3,(H,22,24);1H/t15-,16-;/m1./s1. The molecule has 1 aliphatic heterocycles. The van der Waals surface area contributed by atoms with Crippen molar-refractivity contribution >= 4 is 29.9 Å². The molecule has 1 aromatic rings. The second-order valence-electron chi connectivity index (χ2n) is 7.32. The number of hydrogen-bond acceptors (Lipinski definition) is 4. The summed E-state index contributed by atoms with van der Waals surface area (Å²) in [5, 5.41) is 2.96. The molecule has 0 unspecified atom stereocenters. The first kappa shape index (κ1) is 21.5. The van der Waals surface area contributed by atoms with E-state index in [1.807, 2.05) is 29.2 Å². The molecular weight excluding hydrogens is 366 g/mol. The second kappa shape index (κ2) is 9.95. The number of benzene rings is 1. The lowest BCUT2D eigenvalue weighted by Crippen LogP contribution is -2.45. The Balaban J connectivity index is 0.00000261. The van der Waals surface area contributed by atoms with E-state index in [1.165, 1.54) is 0 Å². The number of carbonyl (C=O) groups is 2. The summed E-state index contributed by atoms with van der Waals surface area (Å²) in [6.07, 6.45) is 4.51. The molecule has 0 radical (unpaired) electrons. The quantitative estimate of drug-likeness (QED) is 0.802. The molecule has 1 aromatic carbocycles. The third-order valence-electron chi connectivity index (χ3n) is 5.82. The van der Waals surface area contributed by atoms with Gasteiger partial charge in [0.15, 0.2) is 0 Å². The minimum atomic E-state index is -0.0714. The van der Waals surface area contributed by atoms with Crippen molar-refractivity contribution in [2.75, 3.05) is 32.1 Å². The SMILES string of the molecule is COc1ccccc1NC(=O)C1CCN(C(=O)[C@@H]2CCC[C@@H]2CN)CC1.Cl. The maximum Gasteiger partial charge on any atom is 0.227 e. The minimum Gasteiger partial charge on any atom is -0.495 e. The molecule has 7 heteroatoms. The van der Waals surface area contributed by atoms with Crippen molar-refractivity contribution in [1.82, 2.24) is 4.90 Å². The lowest BCUT2D eigenvalue weighted by atomic mass is 9.91. The van der Waals surface area contributed by atoms with Crippen LogP contribution in [0.2, 0.25) is 0 Å². The van der Waals surface area contributed by atoms with Crippen molar-refractivity contribution in [3.8, 4) is 5.75 Å². The summed E-state index contributed by atoms with van der Waals surface area (Å²) in [5.41, 5.74) is 6.51. The van der Waals surface area contributed by atoms with Crippen molar-refractivity contribution < 1.29 is 14.3 Å². The highest BCUT2D eigenvalue weighted by atomic mass is 35.5. The summed E-state index contributed by atoms with van der Waals surface area (Å²) < 4.78 is 5.28. The van der Waals surface area contributed by atoms with Gasteiger partial charge in [0.1, 0.15) is 5.75 Å². The first-order chi connectivity index (χ1) is 12.6. The van der Waals surface area contributed by atoms with Gasteiger partial charge in [0.05, 0.1) is 12.8 Å². The number of methoxy groups -OCH3 is 1. The van der Waals surface area contributed by atoms with E-state index in [-0.39, 0.29) is 36.1 Å². The summed E-state index contributed by atoms with van der Waals surface area (Å²) >= 11 is 0. The molecule has 1 saturated carbocycles. The average molecular weight is 396 g/mol. The molecule has 27 heavy (non-hydrogen) atoms. The van der Waals surface area contributed by atoms with E-state index in [1.54, 1.807) is 7.11 Å². The molecule has 2 amide bonds. The van der Waals surface area contributed by atoms with Gasteiger partial charge in [-0.15, -0.1) is 12.4 Å². The van der Waals surface area contributed by atoms with Crippen molar-refractivity contribution in [2.24, 2.45) is 23.5 Å². The first-order valence-corrected chi connectivity index (χ1v) is 9.56. The number of likely N-dealkylation sites (tertiary alicyclic amines) is 1. The number of nitrogens with one attached hydrogen (secondary N) is 1. The molecule has 2 fully saturated rings. The van der Waals surface area contributed by atoms with Gasteiger partial charge in [-0.3, -0.25) is 9.59 Å². The van der Waals surface area contributed by atoms with Crippen LogP contribution in [0.15, 0.2) is 24.3 Å². The number of nitrogens with two attached hydrogens (primary N) is 1. The smallest absolute Gasteiger partial charge is 0.227 e. The number of anilines is 1. The number of carbonyl (C=O) groups excluding carboxylic acids is 2. The first-order valence-electron chi connectivity index (χ1n) is 9.56. The summed E-state index contributed by atoms with van der Waals surface area (Å²) in [4.78, 5) is 27.3. The molecule has 6 nitrogen and oxygen atoms in total. The Morgan fingerprint density at radius 1 is 1.19 bits per heavy atom. The number of nitrogens with zero attached hydrogens (tertiary/aromatic N) is 1. The fourth-order valence-electron chi connectivity index (χ4n) is 4.22. The van der Waals surface area contributed by atoms with Crippen LogP contribution in [-0.4, -0.2) is 43.5 Å². The van der Waals surface area contributed by atoms with E-state index >= 15 is 0 Å². The Bertz CT molecular complexity index is 647. The summed E-state index contributed by atoms with van der Waals surface area (Å²) in [6, 6.07) is 7.40. The average Bonchev–Trinajstić information content (AvgIpc) is 3.16. The van der Waals surface area contributed by atoms with E-state index in [2.05, 4.69) is 5.32 Å². The van der Waals surface area contributed by atoms with Crippen LogP contribution in [0.5, 0.6) is 5.75 Å². The molecule has 150 valence electrons. The third kappa shape index (κ3) is 4.93. The molecule has 0 aromatic heterocycles. The van der Waals surface area contributed by atoms with E-state index in [0.29, 0.717) is 49.8 Å². The Morgan fingerprint density at radius 2 is 1.89 bits per heavy atom. The van der Waals surface area contributed by atoms with Gasteiger partial charge in [-0.2, -0.15) is 0 Å². The summed E-state index contributed by atoms with van der Waals surface area (Å²) in [5.74, 6) is 1.23. The zero-order valence-electron chi connectivity index (χ0n) is 15.9. The second-order valence-corrected chi connectivity index (χ2v) is 7.32. The molecule has 1 saturated heterocycles. The number of amides is 2. The third-order valence-corrected chi connectivity index (χ3v) is 5.82.